The first-order valence-corrected chi connectivity index (χ1v) is 7.71. The number of likely N-dealkylation sites (tertiary alicyclic amines) is 1. The van der Waals surface area contributed by atoms with Gasteiger partial charge in [0.15, 0.2) is 10.9 Å². The second kappa shape index (κ2) is 6.03. The second-order valence-electron chi connectivity index (χ2n) is 5.14. The number of rotatable bonds is 3. The zero-order chi connectivity index (χ0) is 14.8. The molecule has 0 saturated carbocycles. The number of halogens is 2. The minimum absolute atomic E-state index is 0.0923. The molecule has 4 nitrogen and oxygen atoms in total. The molecule has 0 spiro atoms. The highest BCUT2D eigenvalue weighted by molar-refractivity contribution is 7.22. The zero-order valence-electron chi connectivity index (χ0n) is 11.4. The van der Waals surface area contributed by atoms with Crippen LogP contribution < -0.4 is 5.32 Å². The van der Waals surface area contributed by atoms with Crippen LogP contribution in [0.25, 0.3) is 10.2 Å². The predicted octanol–water partition coefficient (Wildman–Crippen LogP) is 3.00. The number of fused-ring (bicyclic) bond motifs is 1. The summed E-state index contributed by atoms with van der Waals surface area (Å²) in [7, 11) is 0. The van der Waals surface area contributed by atoms with E-state index in [0.29, 0.717) is 16.4 Å². The molecule has 1 fully saturated rings. The Morgan fingerprint density at radius 1 is 1.29 bits per heavy atom. The number of nitrogens with one attached hydrogen (secondary N) is 1. The molecular weight excluding hydrogens is 296 g/mol. The fourth-order valence-corrected chi connectivity index (χ4v) is 3.41. The molecule has 0 radical (unpaired) electrons. The van der Waals surface area contributed by atoms with Gasteiger partial charge in [-0.2, -0.15) is 0 Å². The maximum atomic E-state index is 13.6. The van der Waals surface area contributed by atoms with Gasteiger partial charge >= 0.3 is 0 Å². The number of nitrogens with zero attached hydrogens (tertiary/aromatic N) is 2. The van der Waals surface area contributed by atoms with Gasteiger partial charge in [0, 0.05) is 6.07 Å². The molecule has 0 atom stereocenters. The van der Waals surface area contributed by atoms with Crippen molar-refractivity contribution in [3.05, 3.63) is 23.8 Å². The van der Waals surface area contributed by atoms with Crippen molar-refractivity contribution in [2.75, 3.05) is 25.0 Å². The van der Waals surface area contributed by atoms with Crippen LogP contribution >= 0.6 is 11.3 Å². The summed E-state index contributed by atoms with van der Waals surface area (Å²) in [6.07, 6.45) is 3.43. The topological polar surface area (TPSA) is 45.2 Å². The third kappa shape index (κ3) is 3.36. The van der Waals surface area contributed by atoms with Crippen molar-refractivity contribution in [2.45, 2.75) is 19.3 Å². The fraction of sp³-hybridized carbons (Fsp3) is 0.429. The van der Waals surface area contributed by atoms with Crippen molar-refractivity contribution in [3.8, 4) is 0 Å². The molecule has 2 aromatic rings. The molecule has 1 amide bonds. The Kier molecular flexibility index (Phi) is 4.12. The third-order valence-electron chi connectivity index (χ3n) is 3.48. The highest BCUT2D eigenvalue weighted by atomic mass is 32.1. The molecule has 1 aliphatic rings. The van der Waals surface area contributed by atoms with Crippen molar-refractivity contribution in [1.29, 1.82) is 0 Å². The first-order valence-electron chi connectivity index (χ1n) is 6.89. The maximum Gasteiger partial charge on any atom is 0.240 e. The van der Waals surface area contributed by atoms with Crippen LogP contribution in [0, 0.1) is 11.6 Å². The van der Waals surface area contributed by atoms with Crippen molar-refractivity contribution in [2.24, 2.45) is 0 Å². The van der Waals surface area contributed by atoms with E-state index in [0.717, 1.165) is 43.3 Å². The molecule has 1 aromatic heterocycles. The summed E-state index contributed by atoms with van der Waals surface area (Å²) < 4.78 is 27.1. The lowest BCUT2D eigenvalue weighted by atomic mass is 10.1. The fourth-order valence-electron chi connectivity index (χ4n) is 2.49. The van der Waals surface area contributed by atoms with Crippen molar-refractivity contribution >= 4 is 32.6 Å². The highest BCUT2D eigenvalue weighted by Gasteiger charge is 2.16. The van der Waals surface area contributed by atoms with Crippen molar-refractivity contribution in [1.82, 2.24) is 9.88 Å². The van der Waals surface area contributed by atoms with E-state index in [2.05, 4.69) is 15.2 Å². The smallest absolute Gasteiger partial charge is 0.240 e. The standard InChI is InChI=1S/C14H15F2N3OS/c15-9-6-10(16)13-11(7-9)21-14(18-13)17-12(20)8-19-4-2-1-3-5-19/h6-7H,1-5,8H2,(H,17,18,20). The Labute approximate surface area is 124 Å². The quantitative estimate of drug-likeness (QED) is 0.948. The molecule has 3 rings (SSSR count). The Morgan fingerprint density at radius 2 is 2.05 bits per heavy atom. The van der Waals surface area contributed by atoms with E-state index in [9.17, 15) is 13.6 Å². The van der Waals surface area contributed by atoms with Gasteiger partial charge < -0.3 is 5.32 Å². The van der Waals surface area contributed by atoms with Crippen LogP contribution in [-0.2, 0) is 4.79 Å². The molecule has 1 aromatic carbocycles. The Balaban J connectivity index is 1.69. The maximum absolute atomic E-state index is 13.6. The molecule has 1 aliphatic heterocycles. The Bertz CT molecular complexity index is 668. The molecular formula is C14H15F2N3OS. The molecule has 2 heterocycles. The number of hydrogen-bond acceptors (Lipinski definition) is 4. The minimum atomic E-state index is -0.710. The summed E-state index contributed by atoms with van der Waals surface area (Å²) in [5.41, 5.74) is 0.0923. The number of hydrogen-bond donors (Lipinski definition) is 1. The van der Waals surface area contributed by atoms with Crippen LogP contribution in [0.1, 0.15) is 19.3 Å². The van der Waals surface area contributed by atoms with E-state index in [1.165, 1.54) is 12.5 Å². The molecule has 7 heteroatoms. The van der Waals surface area contributed by atoms with Crippen LogP contribution in [0.5, 0.6) is 0 Å². The van der Waals surface area contributed by atoms with Crippen molar-refractivity contribution < 1.29 is 13.6 Å². The van der Waals surface area contributed by atoms with Gasteiger partial charge in [0.05, 0.1) is 11.2 Å². The number of benzene rings is 1. The zero-order valence-corrected chi connectivity index (χ0v) is 12.2. The van der Waals surface area contributed by atoms with E-state index >= 15 is 0 Å². The lowest BCUT2D eigenvalue weighted by molar-refractivity contribution is -0.117. The molecule has 0 aliphatic carbocycles. The number of piperidine rings is 1. The summed E-state index contributed by atoms with van der Waals surface area (Å²) in [6.45, 7) is 2.16. The monoisotopic (exact) mass is 311 g/mol. The molecule has 1 N–H and O–H groups in total. The first kappa shape index (κ1) is 14.3. The number of amides is 1. The Morgan fingerprint density at radius 3 is 2.81 bits per heavy atom. The highest BCUT2D eigenvalue weighted by Crippen LogP contribution is 2.28. The molecule has 0 unspecified atom stereocenters. The molecule has 1 saturated heterocycles. The largest absolute Gasteiger partial charge is 0.301 e. The molecule has 21 heavy (non-hydrogen) atoms. The molecule has 112 valence electrons. The predicted molar refractivity (Wildman–Crippen MR) is 78.5 cm³/mol. The van der Waals surface area contributed by atoms with Gasteiger partial charge in [-0.05, 0) is 32.0 Å². The van der Waals surface area contributed by atoms with Crippen molar-refractivity contribution in [3.63, 3.8) is 0 Å². The second-order valence-corrected chi connectivity index (χ2v) is 6.17. The van der Waals surface area contributed by atoms with E-state index in [1.54, 1.807) is 0 Å². The van der Waals surface area contributed by atoms with Gasteiger partial charge in [-0.3, -0.25) is 9.69 Å². The van der Waals surface area contributed by atoms with Crippen LogP contribution in [0.2, 0.25) is 0 Å². The van der Waals surface area contributed by atoms with Crippen LogP contribution in [-0.4, -0.2) is 35.4 Å². The average Bonchev–Trinajstić information content (AvgIpc) is 2.82. The summed E-state index contributed by atoms with van der Waals surface area (Å²) in [4.78, 5) is 18.1. The van der Waals surface area contributed by atoms with E-state index in [1.807, 2.05) is 0 Å². The number of aromatic nitrogens is 1. The Hall–Kier alpha value is -1.60. The normalized spacial score (nSPS) is 16.3. The van der Waals surface area contributed by atoms with Crippen LogP contribution in [0.3, 0.4) is 0 Å². The first-order chi connectivity index (χ1) is 10.1. The number of anilines is 1. The van der Waals surface area contributed by atoms with Gasteiger partial charge in [0.1, 0.15) is 11.3 Å². The summed E-state index contributed by atoms with van der Waals surface area (Å²) in [6, 6.07) is 2.01. The minimum Gasteiger partial charge on any atom is -0.301 e. The summed E-state index contributed by atoms with van der Waals surface area (Å²) >= 11 is 1.07. The lowest BCUT2D eigenvalue weighted by Crippen LogP contribution is -2.36. The number of carbonyl (C=O) groups is 1. The average molecular weight is 311 g/mol. The van der Waals surface area contributed by atoms with Gasteiger partial charge in [-0.1, -0.05) is 17.8 Å². The van der Waals surface area contributed by atoms with Gasteiger partial charge in [0.2, 0.25) is 5.91 Å². The summed E-state index contributed by atoms with van der Waals surface area (Å²) in [5, 5.41) is 2.97. The van der Waals surface area contributed by atoms with Gasteiger partial charge in [0.25, 0.3) is 0 Å². The summed E-state index contributed by atoms with van der Waals surface area (Å²) in [5.74, 6) is -1.52. The SMILES string of the molecule is O=C(CN1CCCCC1)Nc1nc2c(F)cc(F)cc2s1. The number of carbonyl (C=O) groups excluding carboxylic acids is 1. The van der Waals surface area contributed by atoms with Crippen LogP contribution in [0.15, 0.2) is 12.1 Å². The van der Waals surface area contributed by atoms with Gasteiger partial charge in [-0.15, -0.1) is 0 Å². The van der Waals surface area contributed by atoms with Crippen LogP contribution in [0.4, 0.5) is 13.9 Å². The molecule has 0 bridgehead atoms. The van der Waals surface area contributed by atoms with E-state index in [4.69, 9.17) is 0 Å². The lowest BCUT2D eigenvalue weighted by Gasteiger charge is -2.25. The van der Waals surface area contributed by atoms with E-state index < -0.39 is 11.6 Å². The van der Waals surface area contributed by atoms with E-state index in [-0.39, 0.29) is 11.4 Å². The number of thiazole rings is 1. The van der Waals surface area contributed by atoms with Gasteiger partial charge in [-0.25, -0.2) is 13.8 Å². The third-order valence-corrected chi connectivity index (χ3v) is 4.39.